The van der Waals surface area contributed by atoms with E-state index < -0.39 is 17.7 Å². The molecule has 158 valence electrons. The van der Waals surface area contributed by atoms with Crippen molar-refractivity contribution in [2.45, 2.75) is 13.0 Å². The van der Waals surface area contributed by atoms with Gasteiger partial charge in [0.25, 0.3) is 5.78 Å². The Balaban J connectivity index is 1.95. The van der Waals surface area contributed by atoms with Crippen molar-refractivity contribution in [3.8, 4) is 11.5 Å². The first-order valence-corrected chi connectivity index (χ1v) is 9.48. The molecule has 1 aliphatic heterocycles. The molecule has 1 saturated heterocycles. The van der Waals surface area contributed by atoms with Gasteiger partial charge in [-0.1, -0.05) is 23.4 Å². The average Bonchev–Trinajstić information content (AvgIpc) is 3.33. The van der Waals surface area contributed by atoms with Gasteiger partial charge in [0.2, 0.25) is 0 Å². The van der Waals surface area contributed by atoms with Gasteiger partial charge in [0.15, 0.2) is 5.82 Å². The number of nitrogens with zero attached hydrogens (tertiary/aromatic N) is 2. The van der Waals surface area contributed by atoms with Crippen LogP contribution in [0, 0.1) is 6.92 Å². The molecule has 0 bridgehead atoms. The molecule has 1 aliphatic rings. The molecular formula is C23H20N2O6. The zero-order chi connectivity index (χ0) is 22.1. The number of anilines is 1. The molecule has 1 N–H and O–H groups in total. The molecule has 8 heteroatoms. The summed E-state index contributed by atoms with van der Waals surface area (Å²) >= 11 is 0. The number of aryl methyl sites for hydroxylation is 1. The summed E-state index contributed by atoms with van der Waals surface area (Å²) in [4.78, 5) is 27.3. The number of aliphatic hydroxyl groups excluding tert-OH is 1. The van der Waals surface area contributed by atoms with Crippen LogP contribution in [0.3, 0.4) is 0 Å². The van der Waals surface area contributed by atoms with Crippen LogP contribution in [-0.4, -0.2) is 36.2 Å². The van der Waals surface area contributed by atoms with Gasteiger partial charge < -0.3 is 19.1 Å². The maximum Gasteiger partial charge on any atom is 0.301 e. The van der Waals surface area contributed by atoms with Crippen LogP contribution < -0.4 is 14.4 Å². The van der Waals surface area contributed by atoms with E-state index in [0.717, 1.165) is 0 Å². The summed E-state index contributed by atoms with van der Waals surface area (Å²) in [7, 11) is 3.02. The van der Waals surface area contributed by atoms with E-state index in [1.165, 1.54) is 19.1 Å². The van der Waals surface area contributed by atoms with Crippen molar-refractivity contribution in [2.24, 2.45) is 0 Å². The summed E-state index contributed by atoms with van der Waals surface area (Å²) in [6, 6.07) is 14.1. The molecule has 0 saturated carbocycles. The van der Waals surface area contributed by atoms with E-state index in [2.05, 4.69) is 5.16 Å². The van der Waals surface area contributed by atoms with Crippen LogP contribution in [0.15, 0.2) is 64.7 Å². The Kier molecular flexibility index (Phi) is 5.21. The van der Waals surface area contributed by atoms with Crippen molar-refractivity contribution in [3.63, 3.8) is 0 Å². The third-order valence-corrected chi connectivity index (χ3v) is 5.10. The number of ether oxygens (including phenoxy) is 2. The number of hydrogen-bond acceptors (Lipinski definition) is 7. The van der Waals surface area contributed by atoms with Crippen molar-refractivity contribution in [3.05, 3.63) is 77.1 Å². The fourth-order valence-corrected chi connectivity index (χ4v) is 3.63. The number of benzene rings is 2. The highest BCUT2D eigenvalue weighted by molar-refractivity contribution is 6.51. The number of rotatable bonds is 5. The van der Waals surface area contributed by atoms with Crippen molar-refractivity contribution in [1.29, 1.82) is 0 Å². The number of para-hydroxylation sites is 1. The molecule has 2 aromatic carbocycles. The average molecular weight is 420 g/mol. The van der Waals surface area contributed by atoms with E-state index in [4.69, 9.17) is 14.0 Å². The number of amides is 1. The summed E-state index contributed by atoms with van der Waals surface area (Å²) < 4.78 is 15.7. The number of aliphatic hydroxyl groups is 1. The first-order valence-electron chi connectivity index (χ1n) is 9.48. The standard InChI is InChI=1S/C23H20N2O6/c1-13-12-18(24-31-13)25-20(16-6-4-5-7-17(16)30-3)19(22(27)23(25)28)21(26)14-8-10-15(29-2)11-9-14/h4-12,20,26H,1-3H3/b21-19+/t20-/m0/s1. The van der Waals surface area contributed by atoms with E-state index in [-0.39, 0.29) is 17.2 Å². The second-order valence-electron chi connectivity index (χ2n) is 6.94. The number of methoxy groups -OCH3 is 2. The summed E-state index contributed by atoms with van der Waals surface area (Å²) in [5, 5.41) is 15.0. The largest absolute Gasteiger partial charge is 0.507 e. The Labute approximate surface area is 178 Å². The van der Waals surface area contributed by atoms with Gasteiger partial charge >= 0.3 is 5.91 Å². The smallest absolute Gasteiger partial charge is 0.301 e. The van der Waals surface area contributed by atoms with E-state index in [1.807, 2.05) is 0 Å². The molecular weight excluding hydrogens is 400 g/mol. The third kappa shape index (κ3) is 3.42. The predicted molar refractivity (Wildman–Crippen MR) is 112 cm³/mol. The molecule has 8 nitrogen and oxygen atoms in total. The van der Waals surface area contributed by atoms with Crippen LogP contribution in [0.5, 0.6) is 11.5 Å². The highest BCUT2D eigenvalue weighted by Crippen LogP contribution is 2.44. The van der Waals surface area contributed by atoms with Crippen LogP contribution >= 0.6 is 0 Å². The van der Waals surface area contributed by atoms with Gasteiger partial charge in [0.05, 0.1) is 19.8 Å². The van der Waals surface area contributed by atoms with Crippen LogP contribution in [0.4, 0.5) is 5.82 Å². The normalized spacial score (nSPS) is 17.8. The molecule has 0 radical (unpaired) electrons. The minimum atomic E-state index is -0.956. The highest BCUT2D eigenvalue weighted by atomic mass is 16.5. The van der Waals surface area contributed by atoms with Gasteiger partial charge in [-0.3, -0.25) is 14.5 Å². The fraction of sp³-hybridized carbons (Fsp3) is 0.174. The molecule has 31 heavy (non-hydrogen) atoms. The molecule has 0 aliphatic carbocycles. The minimum Gasteiger partial charge on any atom is -0.507 e. The Morgan fingerprint density at radius 2 is 1.77 bits per heavy atom. The monoisotopic (exact) mass is 420 g/mol. The van der Waals surface area contributed by atoms with Crippen LogP contribution in [0.25, 0.3) is 5.76 Å². The van der Waals surface area contributed by atoms with E-state index in [0.29, 0.717) is 28.4 Å². The van der Waals surface area contributed by atoms with Crippen molar-refractivity contribution in [2.75, 3.05) is 19.1 Å². The molecule has 2 heterocycles. The van der Waals surface area contributed by atoms with E-state index in [1.54, 1.807) is 61.5 Å². The predicted octanol–water partition coefficient (Wildman–Crippen LogP) is 3.63. The zero-order valence-electron chi connectivity index (χ0n) is 17.2. The maximum atomic E-state index is 13.1. The summed E-state index contributed by atoms with van der Waals surface area (Å²) in [6.45, 7) is 1.68. The van der Waals surface area contributed by atoms with Crippen LogP contribution in [-0.2, 0) is 9.59 Å². The number of Topliss-reactive ketones (excluding diaryl/α,β-unsaturated/α-hetero) is 1. The SMILES string of the molecule is COc1ccc(/C(O)=C2\C(=O)C(=O)N(c3cc(C)on3)[C@H]2c2ccccc2OC)cc1. The second kappa shape index (κ2) is 7.98. The van der Waals surface area contributed by atoms with Crippen molar-refractivity contribution < 1.29 is 28.7 Å². The Hall–Kier alpha value is -4.07. The molecule has 1 fully saturated rings. The van der Waals surface area contributed by atoms with Crippen LogP contribution in [0.1, 0.15) is 22.9 Å². The fourth-order valence-electron chi connectivity index (χ4n) is 3.63. The number of ketones is 1. The van der Waals surface area contributed by atoms with Gasteiger partial charge in [0, 0.05) is 17.2 Å². The lowest BCUT2D eigenvalue weighted by molar-refractivity contribution is -0.132. The van der Waals surface area contributed by atoms with Gasteiger partial charge in [-0.2, -0.15) is 0 Å². The molecule has 3 aromatic rings. The lowest BCUT2D eigenvalue weighted by atomic mass is 9.94. The third-order valence-electron chi connectivity index (χ3n) is 5.10. The molecule has 4 rings (SSSR count). The summed E-state index contributed by atoms with van der Waals surface area (Å²) in [5.74, 6) is -0.254. The molecule has 1 amide bonds. The molecule has 0 spiro atoms. The maximum absolute atomic E-state index is 13.1. The van der Waals surface area contributed by atoms with Gasteiger partial charge in [0.1, 0.15) is 29.1 Å². The lowest BCUT2D eigenvalue weighted by Crippen LogP contribution is -2.29. The Morgan fingerprint density at radius 3 is 2.39 bits per heavy atom. The topological polar surface area (TPSA) is 102 Å². The summed E-state index contributed by atoms with van der Waals surface area (Å²) in [6.07, 6.45) is 0. The number of aromatic nitrogens is 1. The molecule has 1 atom stereocenters. The van der Waals surface area contributed by atoms with Crippen LogP contribution in [0.2, 0.25) is 0 Å². The van der Waals surface area contributed by atoms with Gasteiger partial charge in [-0.05, 0) is 37.3 Å². The van der Waals surface area contributed by atoms with Gasteiger partial charge in [-0.15, -0.1) is 0 Å². The quantitative estimate of drug-likeness (QED) is 0.382. The summed E-state index contributed by atoms with van der Waals surface area (Å²) in [5.41, 5.74) is 0.829. The van der Waals surface area contributed by atoms with Gasteiger partial charge in [-0.25, -0.2) is 0 Å². The molecule has 1 aromatic heterocycles. The Morgan fingerprint density at radius 1 is 1.06 bits per heavy atom. The van der Waals surface area contributed by atoms with E-state index in [9.17, 15) is 14.7 Å². The first kappa shape index (κ1) is 20.2. The number of carbonyl (C=O) groups excluding carboxylic acids is 2. The van der Waals surface area contributed by atoms with Crippen molar-refractivity contribution >= 4 is 23.3 Å². The highest BCUT2D eigenvalue weighted by Gasteiger charge is 2.49. The molecule has 0 unspecified atom stereocenters. The lowest BCUT2D eigenvalue weighted by Gasteiger charge is -2.24. The number of carbonyl (C=O) groups is 2. The second-order valence-corrected chi connectivity index (χ2v) is 6.94. The van der Waals surface area contributed by atoms with Crippen molar-refractivity contribution in [1.82, 2.24) is 5.16 Å². The Bertz CT molecular complexity index is 1180. The van der Waals surface area contributed by atoms with E-state index >= 15 is 0 Å². The first-order chi connectivity index (χ1) is 15.0. The number of hydrogen-bond donors (Lipinski definition) is 1. The minimum absolute atomic E-state index is 0.0691. The zero-order valence-corrected chi connectivity index (χ0v) is 17.2.